The molecular weight excluding hydrogens is 380 g/mol. The lowest BCUT2D eigenvalue weighted by atomic mass is 10.3. The standard InChI is InChI=1S/C16H21BrN2O3S/c1-12(23-14-6-4-13(17)5-7-14)11-18-15(20)3-2-8-19-9-10-22-16(19)21/h4-7,12H,2-3,8-11H2,1H3,(H,18,20). The van der Waals surface area contributed by atoms with E-state index in [2.05, 4.69) is 40.3 Å². The molecular formula is C16H21BrN2O3S. The van der Waals surface area contributed by atoms with Crippen LogP contribution in [0.3, 0.4) is 0 Å². The Morgan fingerprint density at radius 3 is 2.83 bits per heavy atom. The molecule has 1 atom stereocenters. The lowest BCUT2D eigenvalue weighted by Gasteiger charge is -2.14. The lowest BCUT2D eigenvalue weighted by Crippen LogP contribution is -2.31. The van der Waals surface area contributed by atoms with Crippen LogP contribution in [0.4, 0.5) is 4.79 Å². The zero-order valence-corrected chi connectivity index (χ0v) is 15.5. The van der Waals surface area contributed by atoms with Crippen molar-refractivity contribution < 1.29 is 14.3 Å². The largest absolute Gasteiger partial charge is 0.448 e. The molecule has 0 bridgehead atoms. The van der Waals surface area contributed by atoms with E-state index < -0.39 is 0 Å². The Morgan fingerprint density at radius 1 is 1.43 bits per heavy atom. The number of halogens is 1. The Bertz CT molecular complexity index is 539. The summed E-state index contributed by atoms with van der Waals surface area (Å²) in [7, 11) is 0. The number of benzene rings is 1. The number of rotatable bonds is 8. The van der Waals surface area contributed by atoms with E-state index >= 15 is 0 Å². The molecule has 1 aliphatic heterocycles. The number of thioether (sulfide) groups is 1. The Balaban J connectivity index is 1.59. The van der Waals surface area contributed by atoms with Crippen LogP contribution in [-0.4, -0.2) is 48.4 Å². The fourth-order valence-corrected chi connectivity index (χ4v) is 3.38. The summed E-state index contributed by atoms with van der Waals surface area (Å²) in [5.74, 6) is 0.0285. The number of carbonyl (C=O) groups excluding carboxylic acids is 2. The topological polar surface area (TPSA) is 58.6 Å². The molecule has 5 nitrogen and oxygen atoms in total. The Kier molecular flexibility index (Phi) is 7.23. The molecule has 0 radical (unpaired) electrons. The third-order valence-corrected chi connectivity index (χ3v) is 5.06. The van der Waals surface area contributed by atoms with Crippen molar-refractivity contribution in [3.05, 3.63) is 28.7 Å². The highest BCUT2D eigenvalue weighted by Crippen LogP contribution is 2.24. The molecule has 0 aliphatic carbocycles. The van der Waals surface area contributed by atoms with Crippen LogP contribution in [0.1, 0.15) is 19.8 Å². The molecule has 1 unspecified atom stereocenters. The molecule has 126 valence electrons. The van der Waals surface area contributed by atoms with Crippen molar-refractivity contribution in [3.63, 3.8) is 0 Å². The number of cyclic esters (lactones) is 1. The molecule has 1 N–H and O–H groups in total. The summed E-state index contributed by atoms with van der Waals surface area (Å²) in [6.07, 6.45) is 0.819. The van der Waals surface area contributed by atoms with Gasteiger partial charge in [0, 0.05) is 34.1 Å². The quantitative estimate of drug-likeness (QED) is 0.680. The minimum Gasteiger partial charge on any atom is -0.448 e. The van der Waals surface area contributed by atoms with E-state index in [4.69, 9.17) is 4.74 Å². The summed E-state index contributed by atoms with van der Waals surface area (Å²) in [5, 5.41) is 3.25. The first-order chi connectivity index (χ1) is 11.0. The monoisotopic (exact) mass is 400 g/mol. The van der Waals surface area contributed by atoms with E-state index in [9.17, 15) is 9.59 Å². The van der Waals surface area contributed by atoms with Gasteiger partial charge >= 0.3 is 6.09 Å². The van der Waals surface area contributed by atoms with Gasteiger partial charge in [-0.25, -0.2) is 4.79 Å². The van der Waals surface area contributed by atoms with Gasteiger partial charge in [0.1, 0.15) is 6.61 Å². The summed E-state index contributed by atoms with van der Waals surface area (Å²) in [4.78, 5) is 25.9. The molecule has 0 saturated carbocycles. The Morgan fingerprint density at radius 2 is 2.17 bits per heavy atom. The summed E-state index contributed by atoms with van der Waals surface area (Å²) in [6, 6.07) is 8.14. The molecule has 1 heterocycles. The van der Waals surface area contributed by atoms with Crippen molar-refractivity contribution in [1.29, 1.82) is 0 Å². The SMILES string of the molecule is CC(CNC(=O)CCCN1CCOC1=O)Sc1ccc(Br)cc1. The van der Waals surface area contributed by atoms with Crippen LogP contribution >= 0.6 is 27.7 Å². The molecule has 1 aromatic rings. The molecule has 1 saturated heterocycles. The number of ether oxygens (including phenoxy) is 1. The average Bonchev–Trinajstić information content (AvgIpc) is 2.93. The third kappa shape index (κ3) is 6.43. The third-order valence-electron chi connectivity index (χ3n) is 3.41. The predicted molar refractivity (Wildman–Crippen MR) is 94.6 cm³/mol. The van der Waals surface area contributed by atoms with E-state index in [1.807, 2.05) is 12.1 Å². The summed E-state index contributed by atoms with van der Waals surface area (Å²) < 4.78 is 5.91. The normalized spacial score (nSPS) is 15.4. The Labute approximate surface area is 149 Å². The number of amides is 2. The minimum atomic E-state index is -0.273. The van der Waals surface area contributed by atoms with E-state index in [-0.39, 0.29) is 12.0 Å². The van der Waals surface area contributed by atoms with Crippen molar-refractivity contribution in [2.75, 3.05) is 26.2 Å². The molecule has 2 amide bonds. The number of hydrogen-bond donors (Lipinski definition) is 1. The Hall–Kier alpha value is -1.21. The van der Waals surface area contributed by atoms with Gasteiger partial charge in [0.05, 0.1) is 6.54 Å². The minimum absolute atomic E-state index is 0.0285. The van der Waals surface area contributed by atoms with E-state index in [0.29, 0.717) is 44.3 Å². The van der Waals surface area contributed by atoms with Crippen molar-refractivity contribution in [3.8, 4) is 0 Å². The maximum absolute atomic E-state index is 11.8. The van der Waals surface area contributed by atoms with Crippen LogP contribution < -0.4 is 5.32 Å². The van der Waals surface area contributed by atoms with Crippen LogP contribution in [0, 0.1) is 0 Å². The second-order valence-corrected chi connectivity index (χ2v) is 7.82. The number of hydrogen-bond acceptors (Lipinski definition) is 4. The van der Waals surface area contributed by atoms with Gasteiger partial charge in [0.15, 0.2) is 0 Å². The van der Waals surface area contributed by atoms with Gasteiger partial charge in [0.2, 0.25) is 5.91 Å². The molecule has 1 fully saturated rings. The smallest absolute Gasteiger partial charge is 0.409 e. The van der Waals surface area contributed by atoms with E-state index in [0.717, 1.165) is 4.47 Å². The van der Waals surface area contributed by atoms with Crippen LogP contribution in [0.15, 0.2) is 33.6 Å². The highest BCUT2D eigenvalue weighted by molar-refractivity contribution is 9.10. The molecule has 23 heavy (non-hydrogen) atoms. The van der Waals surface area contributed by atoms with Crippen molar-refractivity contribution in [2.24, 2.45) is 0 Å². The number of carbonyl (C=O) groups is 2. The van der Waals surface area contributed by atoms with Crippen molar-refractivity contribution in [2.45, 2.75) is 29.9 Å². The number of nitrogens with one attached hydrogen (secondary N) is 1. The van der Waals surface area contributed by atoms with Crippen LogP contribution in [-0.2, 0) is 9.53 Å². The second-order valence-electron chi connectivity index (χ2n) is 5.39. The highest BCUT2D eigenvalue weighted by Gasteiger charge is 2.21. The van der Waals surface area contributed by atoms with Crippen molar-refractivity contribution >= 4 is 39.7 Å². The van der Waals surface area contributed by atoms with E-state index in [1.165, 1.54) is 4.90 Å². The van der Waals surface area contributed by atoms with Crippen LogP contribution in [0.2, 0.25) is 0 Å². The molecule has 0 aromatic heterocycles. The van der Waals surface area contributed by atoms with Crippen LogP contribution in [0.25, 0.3) is 0 Å². The van der Waals surface area contributed by atoms with Crippen LogP contribution in [0.5, 0.6) is 0 Å². The first-order valence-corrected chi connectivity index (χ1v) is 9.32. The molecule has 0 spiro atoms. The van der Waals surface area contributed by atoms with Gasteiger partial charge in [-0.2, -0.15) is 0 Å². The first kappa shape index (κ1) is 18.1. The van der Waals surface area contributed by atoms with E-state index in [1.54, 1.807) is 16.7 Å². The summed E-state index contributed by atoms with van der Waals surface area (Å²) >= 11 is 5.15. The first-order valence-electron chi connectivity index (χ1n) is 7.65. The zero-order chi connectivity index (χ0) is 16.7. The van der Waals surface area contributed by atoms with Gasteiger partial charge < -0.3 is 15.0 Å². The molecule has 1 aromatic carbocycles. The fourth-order valence-electron chi connectivity index (χ4n) is 2.19. The van der Waals surface area contributed by atoms with Gasteiger partial charge in [-0.1, -0.05) is 22.9 Å². The average molecular weight is 401 g/mol. The maximum Gasteiger partial charge on any atom is 0.409 e. The lowest BCUT2D eigenvalue weighted by molar-refractivity contribution is -0.121. The zero-order valence-electron chi connectivity index (χ0n) is 13.1. The van der Waals surface area contributed by atoms with Gasteiger partial charge in [-0.3, -0.25) is 4.79 Å². The summed E-state index contributed by atoms with van der Waals surface area (Å²) in [5.41, 5.74) is 0. The highest BCUT2D eigenvalue weighted by atomic mass is 79.9. The number of nitrogens with zero attached hydrogens (tertiary/aromatic N) is 1. The fraction of sp³-hybridized carbons (Fsp3) is 0.500. The predicted octanol–water partition coefficient (Wildman–Crippen LogP) is 3.28. The van der Waals surface area contributed by atoms with Gasteiger partial charge in [0.25, 0.3) is 0 Å². The summed E-state index contributed by atoms with van der Waals surface area (Å²) in [6.45, 7) is 4.38. The molecule has 1 aliphatic rings. The molecule has 7 heteroatoms. The molecule has 2 rings (SSSR count). The van der Waals surface area contributed by atoms with Gasteiger partial charge in [-0.05, 0) is 30.7 Å². The second kappa shape index (κ2) is 9.17. The van der Waals surface area contributed by atoms with Crippen molar-refractivity contribution in [1.82, 2.24) is 10.2 Å². The van der Waals surface area contributed by atoms with Gasteiger partial charge in [-0.15, -0.1) is 11.8 Å². The maximum atomic E-state index is 11.8.